The summed E-state index contributed by atoms with van der Waals surface area (Å²) in [6.45, 7) is 4.73. The van der Waals surface area contributed by atoms with Crippen molar-refractivity contribution in [3.8, 4) is 11.5 Å². The van der Waals surface area contributed by atoms with E-state index in [-0.39, 0.29) is 24.2 Å². The van der Waals surface area contributed by atoms with Gasteiger partial charge in [0.15, 0.2) is 0 Å². The Hall–Kier alpha value is -4.33. The van der Waals surface area contributed by atoms with E-state index >= 15 is 0 Å². The molecule has 0 unspecified atom stereocenters. The molecule has 0 spiro atoms. The van der Waals surface area contributed by atoms with Crippen molar-refractivity contribution < 1.29 is 28.6 Å². The van der Waals surface area contributed by atoms with E-state index in [2.05, 4.69) is 10.6 Å². The third-order valence-corrected chi connectivity index (χ3v) is 5.09. The number of ether oxygens (including phenoxy) is 3. The zero-order valence-corrected chi connectivity index (χ0v) is 20.4. The van der Waals surface area contributed by atoms with Crippen LogP contribution in [0.1, 0.15) is 41.3 Å². The predicted octanol–water partition coefficient (Wildman–Crippen LogP) is 5.26. The van der Waals surface area contributed by atoms with Crippen LogP contribution in [0, 0.1) is 6.92 Å². The molecule has 0 saturated carbocycles. The number of benzene rings is 3. The van der Waals surface area contributed by atoms with Crippen molar-refractivity contribution in [3.05, 3.63) is 89.5 Å². The highest BCUT2D eigenvalue weighted by Crippen LogP contribution is 2.16. The highest BCUT2D eigenvalue weighted by Gasteiger charge is 2.10. The summed E-state index contributed by atoms with van der Waals surface area (Å²) in [4.78, 5) is 36.1. The van der Waals surface area contributed by atoms with Gasteiger partial charge < -0.3 is 24.8 Å². The summed E-state index contributed by atoms with van der Waals surface area (Å²) >= 11 is 0. The monoisotopic (exact) mass is 490 g/mol. The first-order chi connectivity index (χ1) is 17.4. The lowest BCUT2D eigenvalue weighted by molar-refractivity contribution is -0.121. The van der Waals surface area contributed by atoms with Gasteiger partial charge in [-0.15, -0.1) is 0 Å². The van der Waals surface area contributed by atoms with Crippen LogP contribution < -0.4 is 20.1 Å². The van der Waals surface area contributed by atoms with Crippen LogP contribution in [-0.4, -0.2) is 31.2 Å². The van der Waals surface area contributed by atoms with Crippen LogP contribution >= 0.6 is 0 Å². The molecule has 2 amide bonds. The largest absolute Gasteiger partial charge is 0.513 e. The summed E-state index contributed by atoms with van der Waals surface area (Å²) in [5, 5.41) is 5.72. The molecule has 0 saturated heterocycles. The number of anilines is 1. The number of amides is 2. The summed E-state index contributed by atoms with van der Waals surface area (Å²) < 4.78 is 15.4. The van der Waals surface area contributed by atoms with E-state index in [1.165, 1.54) is 17.7 Å². The van der Waals surface area contributed by atoms with Crippen molar-refractivity contribution in [2.75, 3.05) is 18.5 Å². The van der Waals surface area contributed by atoms with Crippen molar-refractivity contribution >= 4 is 23.7 Å². The van der Waals surface area contributed by atoms with Gasteiger partial charge in [0.05, 0.1) is 13.2 Å². The third kappa shape index (κ3) is 8.79. The Kier molecular flexibility index (Phi) is 9.88. The van der Waals surface area contributed by atoms with Gasteiger partial charge in [-0.25, -0.2) is 4.79 Å². The molecule has 0 aromatic heterocycles. The normalized spacial score (nSPS) is 10.3. The molecule has 0 aliphatic rings. The summed E-state index contributed by atoms with van der Waals surface area (Å²) in [5.74, 6) is 0.694. The summed E-state index contributed by atoms with van der Waals surface area (Å²) in [5.41, 5.74) is 3.03. The lowest BCUT2D eigenvalue weighted by atomic mass is 10.1. The average Bonchev–Trinajstić information content (AvgIpc) is 2.87. The van der Waals surface area contributed by atoms with E-state index in [0.717, 1.165) is 11.3 Å². The van der Waals surface area contributed by atoms with Crippen LogP contribution in [-0.2, 0) is 16.1 Å². The predicted molar refractivity (Wildman–Crippen MR) is 136 cm³/mol. The molecule has 3 aromatic carbocycles. The highest BCUT2D eigenvalue weighted by atomic mass is 16.7. The van der Waals surface area contributed by atoms with Crippen LogP contribution in [0.2, 0.25) is 0 Å². The molecule has 0 aliphatic carbocycles. The minimum atomic E-state index is -0.797. The SMILES string of the molecule is CCOC(=O)Oc1ccc(C(=O)Nc2cccc(CNC(=O)CCCOc3ccc(C)cc3)c2)cc1. The van der Waals surface area contributed by atoms with Crippen molar-refractivity contribution in [1.29, 1.82) is 0 Å². The van der Waals surface area contributed by atoms with Gasteiger partial charge in [-0.2, -0.15) is 0 Å². The topological polar surface area (TPSA) is 103 Å². The Balaban J connectivity index is 1.41. The number of hydrogen-bond acceptors (Lipinski definition) is 6. The van der Waals surface area contributed by atoms with E-state index in [1.54, 1.807) is 31.2 Å². The molecule has 0 radical (unpaired) electrons. The van der Waals surface area contributed by atoms with Crippen LogP contribution in [0.15, 0.2) is 72.8 Å². The van der Waals surface area contributed by atoms with Crippen LogP contribution in [0.25, 0.3) is 0 Å². The second-order valence-electron chi connectivity index (χ2n) is 8.01. The molecule has 3 rings (SSSR count). The van der Waals surface area contributed by atoms with Crippen molar-refractivity contribution in [2.45, 2.75) is 33.2 Å². The first-order valence-electron chi connectivity index (χ1n) is 11.7. The van der Waals surface area contributed by atoms with Gasteiger partial charge in [-0.1, -0.05) is 29.8 Å². The number of carbonyl (C=O) groups is 3. The van der Waals surface area contributed by atoms with Crippen LogP contribution in [0.4, 0.5) is 10.5 Å². The third-order valence-electron chi connectivity index (χ3n) is 5.09. The molecule has 2 N–H and O–H groups in total. The number of nitrogens with one attached hydrogen (secondary N) is 2. The van der Waals surface area contributed by atoms with Gasteiger partial charge in [-0.3, -0.25) is 9.59 Å². The maximum atomic E-state index is 12.6. The van der Waals surface area contributed by atoms with Crippen molar-refractivity contribution in [1.82, 2.24) is 5.32 Å². The van der Waals surface area contributed by atoms with E-state index in [0.29, 0.717) is 37.2 Å². The molecule has 0 fully saturated rings. The summed E-state index contributed by atoms with van der Waals surface area (Å²) in [7, 11) is 0. The molecule has 0 bridgehead atoms. The van der Waals surface area contributed by atoms with Crippen molar-refractivity contribution in [3.63, 3.8) is 0 Å². The summed E-state index contributed by atoms with van der Waals surface area (Å²) in [6.07, 6.45) is 0.173. The fraction of sp³-hybridized carbons (Fsp3) is 0.250. The van der Waals surface area contributed by atoms with Crippen LogP contribution in [0.3, 0.4) is 0 Å². The quantitative estimate of drug-likeness (QED) is 0.216. The number of hydrogen-bond donors (Lipinski definition) is 2. The van der Waals surface area contributed by atoms with Gasteiger partial charge in [0.1, 0.15) is 11.5 Å². The van der Waals surface area contributed by atoms with Gasteiger partial charge in [-0.05, 0) is 74.4 Å². The van der Waals surface area contributed by atoms with Gasteiger partial charge in [0.2, 0.25) is 5.91 Å². The first kappa shape index (κ1) is 26.3. The zero-order valence-electron chi connectivity index (χ0n) is 20.4. The fourth-order valence-electron chi connectivity index (χ4n) is 3.23. The smallest absolute Gasteiger partial charge is 0.494 e. The standard InChI is InChI=1S/C28H30N2O6/c1-3-34-28(33)36-25-15-11-22(12-16-25)27(32)30-23-7-4-6-21(18-23)19-29-26(31)8-5-17-35-24-13-9-20(2)10-14-24/h4,6-7,9-16,18H,3,5,8,17,19H2,1-2H3,(H,29,31)(H,30,32). The molecule has 8 nitrogen and oxygen atoms in total. The highest BCUT2D eigenvalue weighted by molar-refractivity contribution is 6.04. The molecule has 0 aliphatic heterocycles. The summed E-state index contributed by atoms with van der Waals surface area (Å²) in [6, 6.07) is 21.2. The lowest BCUT2D eigenvalue weighted by Crippen LogP contribution is -2.23. The Morgan fingerprint density at radius 1 is 0.889 bits per heavy atom. The van der Waals surface area contributed by atoms with Gasteiger partial charge in [0, 0.05) is 24.2 Å². The fourth-order valence-corrected chi connectivity index (χ4v) is 3.23. The van der Waals surface area contributed by atoms with Crippen molar-refractivity contribution in [2.24, 2.45) is 0 Å². The molecular weight excluding hydrogens is 460 g/mol. The van der Waals surface area contributed by atoms with E-state index < -0.39 is 6.16 Å². The zero-order chi connectivity index (χ0) is 25.8. The van der Waals surface area contributed by atoms with Crippen LogP contribution in [0.5, 0.6) is 11.5 Å². The molecule has 36 heavy (non-hydrogen) atoms. The maximum absolute atomic E-state index is 12.6. The minimum absolute atomic E-state index is 0.0675. The van der Waals surface area contributed by atoms with Gasteiger partial charge >= 0.3 is 6.16 Å². The number of carbonyl (C=O) groups excluding carboxylic acids is 3. The first-order valence-corrected chi connectivity index (χ1v) is 11.7. The Morgan fingerprint density at radius 3 is 2.33 bits per heavy atom. The Bertz CT molecular complexity index is 1160. The minimum Gasteiger partial charge on any atom is -0.494 e. The molecule has 8 heteroatoms. The Morgan fingerprint density at radius 2 is 1.61 bits per heavy atom. The Labute approximate surface area is 210 Å². The lowest BCUT2D eigenvalue weighted by Gasteiger charge is -2.10. The van der Waals surface area contributed by atoms with E-state index in [9.17, 15) is 14.4 Å². The molecule has 188 valence electrons. The number of aryl methyl sites for hydroxylation is 1. The second kappa shape index (κ2) is 13.5. The second-order valence-corrected chi connectivity index (χ2v) is 8.01. The van der Waals surface area contributed by atoms with Gasteiger partial charge in [0.25, 0.3) is 5.91 Å². The molecular formula is C28H30N2O6. The number of rotatable bonds is 11. The van der Waals surface area contributed by atoms with E-state index in [1.807, 2.05) is 43.3 Å². The average molecular weight is 491 g/mol. The molecule has 0 atom stereocenters. The van der Waals surface area contributed by atoms with E-state index in [4.69, 9.17) is 14.2 Å². The molecule has 3 aromatic rings. The molecule has 0 heterocycles. The maximum Gasteiger partial charge on any atom is 0.513 e.